The van der Waals surface area contributed by atoms with Crippen LogP contribution in [-0.2, 0) is 4.74 Å². The third-order valence-corrected chi connectivity index (χ3v) is 2.39. The number of aliphatic hydroxyl groups is 1. The van der Waals surface area contributed by atoms with Gasteiger partial charge in [0.15, 0.2) is 0 Å². The molecule has 100 valence electrons. The van der Waals surface area contributed by atoms with E-state index in [-0.39, 0.29) is 12.5 Å². The predicted octanol–water partition coefficient (Wildman–Crippen LogP) is 0.491. The van der Waals surface area contributed by atoms with Gasteiger partial charge in [0.2, 0.25) is 0 Å². The molecule has 0 saturated carbocycles. The first-order chi connectivity index (χ1) is 8.65. The van der Waals surface area contributed by atoms with Gasteiger partial charge in [-0.25, -0.2) is 0 Å². The molecule has 0 saturated heterocycles. The summed E-state index contributed by atoms with van der Waals surface area (Å²) in [6.07, 6.45) is 0. The lowest BCUT2D eigenvalue weighted by Crippen LogP contribution is -2.27. The van der Waals surface area contributed by atoms with Gasteiger partial charge >= 0.3 is 0 Å². The lowest BCUT2D eigenvalue weighted by Gasteiger charge is -2.13. The van der Waals surface area contributed by atoms with Crippen molar-refractivity contribution in [3.63, 3.8) is 0 Å². The molecule has 5 heteroatoms. The van der Waals surface area contributed by atoms with Crippen LogP contribution in [0.1, 0.15) is 10.4 Å². The first-order valence-corrected chi connectivity index (χ1v) is 5.89. The molecule has 0 aliphatic heterocycles. The van der Waals surface area contributed by atoms with Gasteiger partial charge < -0.3 is 20.1 Å². The van der Waals surface area contributed by atoms with E-state index in [1.54, 1.807) is 6.07 Å². The molecule has 1 aromatic rings. The van der Waals surface area contributed by atoms with Gasteiger partial charge in [0.1, 0.15) is 0 Å². The molecule has 0 atom stereocenters. The molecule has 0 spiro atoms. The summed E-state index contributed by atoms with van der Waals surface area (Å²) in [5, 5.41) is 11.3. The van der Waals surface area contributed by atoms with E-state index >= 15 is 0 Å². The summed E-state index contributed by atoms with van der Waals surface area (Å²) in [7, 11) is 3.86. The highest BCUT2D eigenvalue weighted by atomic mass is 16.5. The first kappa shape index (κ1) is 14.5. The fourth-order valence-corrected chi connectivity index (χ4v) is 1.43. The minimum Gasteiger partial charge on any atom is -0.394 e. The highest BCUT2D eigenvalue weighted by molar-refractivity contribution is 5.95. The number of anilines is 1. The third-order valence-electron chi connectivity index (χ3n) is 2.39. The zero-order valence-electron chi connectivity index (χ0n) is 10.8. The molecule has 0 heterocycles. The van der Waals surface area contributed by atoms with Crippen LogP contribution < -0.4 is 10.2 Å². The number of hydrogen-bond donors (Lipinski definition) is 2. The van der Waals surface area contributed by atoms with Gasteiger partial charge in [-0.2, -0.15) is 0 Å². The topological polar surface area (TPSA) is 61.8 Å². The van der Waals surface area contributed by atoms with E-state index in [0.717, 1.165) is 5.69 Å². The zero-order chi connectivity index (χ0) is 13.4. The van der Waals surface area contributed by atoms with Crippen molar-refractivity contribution < 1.29 is 14.6 Å². The Morgan fingerprint density at radius 1 is 1.39 bits per heavy atom. The third kappa shape index (κ3) is 4.73. The average Bonchev–Trinajstić information content (AvgIpc) is 2.38. The van der Waals surface area contributed by atoms with E-state index in [2.05, 4.69) is 5.32 Å². The molecule has 18 heavy (non-hydrogen) atoms. The van der Waals surface area contributed by atoms with Crippen LogP contribution in [0.25, 0.3) is 0 Å². The van der Waals surface area contributed by atoms with Crippen molar-refractivity contribution >= 4 is 11.6 Å². The quantitative estimate of drug-likeness (QED) is 0.693. The molecule has 0 aromatic heterocycles. The van der Waals surface area contributed by atoms with Crippen molar-refractivity contribution in [3.05, 3.63) is 29.8 Å². The van der Waals surface area contributed by atoms with E-state index in [4.69, 9.17) is 9.84 Å². The lowest BCUT2D eigenvalue weighted by molar-refractivity contribution is 0.0838. The van der Waals surface area contributed by atoms with E-state index in [1.807, 2.05) is 37.2 Å². The summed E-state index contributed by atoms with van der Waals surface area (Å²) in [6, 6.07) is 7.41. The summed E-state index contributed by atoms with van der Waals surface area (Å²) in [4.78, 5) is 13.8. The number of nitrogens with zero attached hydrogens (tertiary/aromatic N) is 1. The molecule has 0 aliphatic carbocycles. The molecule has 1 aromatic carbocycles. The maximum Gasteiger partial charge on any atom is 0.251 e. The number of benzene rings is 1. The molecular weight excluding hydrogens is 232 g/mol. The summed E-state index contributed by atoms with van der Waals surface area (Å²) in [6.45, 7) is 1.13. The minimum atomic E-state index is -0.119. The van der Waals surface area contributed by atoms with Gasteiger partial charge in [-0.15, -0.1) is 0 Å². The molecule has 5 nitrogen and oxygen atoms in total. The van der Waals surface area contributed by atoms with Crippen LogP contribution in [0.5, 0.6) is 0 Å². The van der Waals surface area contributed by atoms with Crippen molar-refractivity contribution in [1.82, 2.24) is 5.32 Å². The molecule has 0 fully saturated rings. The zero-order valence-corrected chi connectivity index (χ0v) is 10.8. The second-order valence-electron chi connectivity index (χ2n) is 4.04. The van der Waals surface area contributed by atoms with Crippen molar-refractivity contribution in [1.29, 1.82) is 0 Å². The molecule has 0 aliphatic rings. The van der Waals surface area contributed by atoms with Crippen LogP contribution in [0.4, 0.5) is 5.69 Å². The van der Waals surface area contributed by atoms with Gasteiger partial charge in [-0.3, -0.25) is 4.79 Å². The van der Waals surface area contributed by atoms with Crippen LogP contribution in [0.3, 0.4) is 0 Å². The van der Waals surface area contributed by atoms with Gasteiger partial charge in [0.05, 0.1) is 19.8 Å². The Morgan fingerprint density at radius 3 is 2.83 bits per heavy atom. The number of rotatable bonds is 7. The van der Waals surface area contributed by atoms with Gasteiger partial charge in [0, 0.05) is 31.9 Å². The fourth-order valence-electron chi connectivity index (χ4n) is 1.43. The molecule has 0 bridgehead atoms. The molecule has 0 radical (unpaired) electrons. The number of ether oxygens (including phenoxy) is 1. The summed E-state index contributed by atoms with van der Waals surface area (Å²) >= 11 is 0. The normalized spacial score (nSPS) is 10.2. The van der Waals surface area contributed by atoms with Crippen molar-refractivity contribution in [2.45, 2.75) is 0 Å². The Hall–Kier alpha value is -1.59. The largest absolute Gasteiger partial charge is 0.394 e. The lowest BCUT2D eigenvalue weighted by atomic mass is 10.2. The molecule has 1 rings (SSSR count). The summed E-state index contributed by atoms with van der Waals surface area (Å²) in [5.41, 5.74) is 1.61. The van der Waals surface area contributed by atoms with Gasteiger partial charge in [-0.1, -0.05) is 6.07 Å². The number of nitrogens with one attached hydrogen (secondary N) is 1. The second-order valence-corrected chi connectivity index (χ2v) is 4.04. The van der Waals surface area contributed by atoms with Crippen LogP contribution in [-0.4, -0.2) is 51.5 Å². The number of carbonyl (C=O) groups is 1. The molecule has 1 amide bonds. The molecule has 2 N–H and O–H groups in total. The van der Waals surface area contributed by atoms with Crippen LogP contribution >= 0.6 is 0 Å². The van der Waals surface area contributed by atoms with Gasteiger partial charge in [-0.05, 0) is 18.2 Å². The number of aliphatic hydroxyl groups excluding tert-OH is 1. The Kier molecular flexibility index (Phi) is 6.18. The second kappa shape index (κ2) is 7.68. The Balaban J connectivity index is 2.44. The maximum absolute atomic E-state index is 11.8. The van der Waals surface area contributed by atoms with Crippen LogP contribution in [0.15, 0.2) is 24.3 Å². The van der Waals surface area contributed by atoms with Crippen LogP contribution in [0, 0.1) is 0 Å². The first-order valence-electron chi connectivity index (χ1n) is 5.89. The summed E-state index contributed by atoms with van der Waals surface area (Å²) < 4.78 is 5.06. The van der Waals surface area contributed by atoms with E-state index in [9.17, 15) is 4.79 Å². The van der Waals surface area contributed by atoms with Gasteiger partial charge in [0.25, 0.3) is 5.91 Å². The molecule has 0 unspecified atom stereocenters. The number of hydrogen-bond acceptors (Lipinski definition) is 4. The highest BCUT2D eigenvalue weighted by Crippen LogP contribution is 2.12. The van der Waals surface area contributed by atoms with Crippen molar-refractivity contribution in [3.8, 4) is 0 Å². The van der Waals surface area contributed by atoms with E-state index in [0.29, 0.717) is 25.3 Å². The van der Waals surface area contributed by atoms with E-state index < -0.39 is 0 Å². The predicted molar refractivity (Wildman–Crippen MR) is 71.0 cm³/mol. The van der Waals surface area contributed by atoms with E-state index in [1.165, 1.54) is 0 Å². The number of amides is 1. The Morgan fingerprint density at radius 2 is 2.17 bits per heavy atom. The fraction of sp³-hybridized carbons (Fsp3) is 0.462. The Bertz CT molecular complexity index is 380. The minimum absolute atomic E-state index is 0.00116. The maximum atomic E-state index is 11.8. The van der Waals surface area contributed by atoms with Crippen molar-refractivity contribution in [2.75, 3.05) is 45.4 Å². The Labute approximate surface area is 107 Å². The standard InChI is InChI=1S/C13H20N2O3/c1-15(2)12-5-3-4-11(10-12)13(17)14-6-8-18-9-7-16/h3-5,10,16H,6-9H2,1-2H3,(H,14,17). The SMILES string of the molecule is CN(C)c1cccc(C(=O)NCCOCCO)c1. The number of carbonyl (C=O) groups excluding carboxylic acids is 1. The van der Waals surface area contributed by atoms with Crippen molar-refractivity contribution in [2.24, 2.45) is 0 Å². The highest BCUT2D eigenvalue weighted by Gasteiger charge is 2.06. The van der Waals surface area contributed by atoms with Crippen LogP contribution in [0.2, 0.25) is 0 Å². The molecular formula is C13H20N2O3. The smallest absolute Gasteiger partial charge is 0.251 e. The average molecular weight is 252 g/mol. The summed E-state index contributed by atoms with van der Waals surface area (Å²) in [5.74, 6) is -0.119. The monoisotopic (exact) mass is 252 g/mol.